The van der Waals surface area contributed by atoms with E-state index in [2.05, 4.69) is 5.32 Å². The number of amides is 1. The van der Waals surface area contributed by atoms with Gasteiger partial charge >= 0.3 is 0 Å². The molecule has 1 unspecified atom stereocenters. The lowest BCUT2D eigenvalue weighted by Crippen LogP contribution is -2.27. The molecule has 0 aliphatic rings. The minimum absolute atomic E-state index is 0.0323. The van der Waals surface area contributed by atoms with E-state index < -0.39 is 21.9 Å². The van der Waals surface area contributed by atoms with Crippen LogP contribution in [0.4, 0.5) is 4.39 Å². The van der Waals surface area contributed by atoms with Gasteiger partial charge in [0.1, 0.15) is 5.82 Å². The molecule has 0 aliphatic heterocycles. The number of primary sulfonamides is 1. The van der Waals surface area contributed by atoms with Gasteiger partial charge in [0.15, 0.2) is 0 Å². The zero-order valence-corrected chi connectivity index (χ0v) is 16.9. The predicted molar refractivity (Wildman–Crippen MR) is 106 cm³/mol. The second kappa shape index (κ2) is 7.96. The van der Waals surface area contributed by atoms with Crippen molar-refractivity contribution in [2.24, 2.45) is 5.14 Å². The van der Waals surface area contributed by atoms with Crippen molar-refractivity contribution in [1.82, 2.24) is 5.32 Å². The fourth-order valence-electron chi connectivity index (χ4n) is 2.94. The Hall–Kier alpha value is -2.33. The van der Waals surface area contributed by atoms with Crippen LogP contribution in [0.15, 0.2) is 47.4 Å². The van der Waals surface area contributed by atoms with Gasteiger partial charge in [0, 0.05) is 22.8 Å². The summed E-state index contributed by atoms with van der Waals surface area (Å²) in [7, 11) is -2.36. The lowest BCUT2D eigenvalue weighted by atomic mass is 10.1. The van der Waals surface area contributed by atoms with Gasteiger partial charge in [-0.3, -0.25) is 4.79 Å². The van der Waals surface area contributed by atoms with Crippen molar-refractivity contribution >= 4 is 37.4 Å². The van der Waals surface area contributed by atoms with Crippen molar-refractivity contribution < 1.29 is 22.3 Å². The van der Waals surface area contributed by atoms with Gasteiger partial charge < -0.3 is 10.1 Å². The number of nitrogens with one attached hydrogen (secondary N) is 1. The van der Waals surface area contributed by atoms with Gasteiger partial charge in [-0.25, -0.2) is 17.9 Å². The maximum atomic E-state index is 14.3. The summed E-state index contributed by atoms with van der Waals surface area (Å²) in [5.41, 5.74) is 1.07. The number of hydrogen-bond acceptors (Lipinski definition) is 5. The van der Waals surface area contributed by atoms with Crippen molar-refractivity contribution in [2.75, 3.05) is 7.11 Å². The fraction of sp³-hybridized carbons (Fsp3) is 0.211. The van der Waals surface area contributed by atoms with Crippen molar-refractivity contribution in [2.45, 2.75) is 24.5 Å². The molecule has 0 fully saturated rings. The molecular weight excluding hydrogens is 403 g/mol. The first-order valence-corrected chi connectivity index (χ1v) is 10.7. The third-order valence-electron chi connectivity index (χ3n) is 4.29. The molecule has 148 valence electrons. The zero-order chi connectivity index (χ0) is 20.5. The van der Waals surface area contributed by atoms with Gasteiger partial charge in [0.05, 0.1) is 22.4 Å². The van der Waals surface area contributed by atoms with Crippen LogP contribution in [-0.4, -0.2) is 21.4 Å². The monoisotopic (exact) mass is 422 g/mol. The zero-order valence-electron chi connectivity index (χ0n) is 15.2. The smallest absolute Gasteiger partial charge is 0.262 e. The summed E-state index contributed by atoms with van der Waals surface area (Å²) in [6.45, 7) is 1.82. The Kier molecular flexibility index (Phi) is 5.80. The molecule has 0 bridgehead atoms. The van der Waals surface area contributed by atoms with E-state index >= 15 is 0 Å². The van der Waals surface area contributed by atoms with E-state index in [1.54, 1.807) is 31.2 Å². The molecule has 0 saturated carbocycles. The predicted octanol–water partition coefficient (Wildman–Crippen LogP) is 3.33. The topological polar surface area (TPSA) is 98.5 Å². The number of fused-ring (bicyclic) bond motifs is 1. The standard InChI is InChI=1S/C19H19FN2O4S2/c1-11(12-5-3-6-13(9-12)28(21,24)25)22-19(23)18-14(10-26-2)17-15(20)7-4-8-16(17)27-18/h3-9,11H,10H2,1-2H3,(H,22,23)(H2,21,24,25). The molecule has 1 aromatic heterocycles. The van der Waals surface area contributed by atoms with E-state index in [9.17, 15) is 17.6 Å². The minimum Gasteiger partial charge on any atom is -0.380 e. The number of hydrogen-bond donors (Lipinski definition) is 2. The van der Waals surface area contributed by atoms with Gasteiger partial charge in [-0.1, -0.05) is 18.2 Å². The van der Waals surface area contributed by atoms with E-state index in [1.807, 2.05) is 0 Å². The Morgan fingerprint density at radius 3 is 2.68 bits per heavy atom. The lowest BCUT2D eigenvalue weighted by molar-refractivity contribution is 0.0939. The number of rotatable bonds is 6. The van der Waals surface area contributed by atoms with Crippen LogP contribution < -0.4 is 10.5 Å². The first-order chi connectivity index (χ1) is 13.2. The number of halogens is 1. The van der Waals surface area contributed by atoms with Crippen LogP contribution in [0.5, 0.6) is 0 Å². The van der Waals surface area contributed by atoms with Gasteiger partial charge in [0.25, 0.3) is 5.91 Å². The van der Waals surface area contributed by atoms with Crippen LogP contribution in [0.3, 0.4) is 0 Å². The number of benzene rings is 2. The van der Waals surface area contributed by atoms with Crippen LogP contribution >= 0.6 is 11.3 Å². The third kappa shape index (κ3) is 4.07. The number of thiophene rings is 1. The maximum absolute atomic E-state index is 14.3. The quantitative estimate of drug-likeness (QED) is 0.637. The van der Waals surface area contributed by atoms with Crippen LogP contribution in [0.2, 0.25) is 0 Å². The molecular formula is C19H19FN2O4S2. The second-order valence-electron chi connectivity index (χ2n) is 6.27. The summed E-state index contributed by atoms with van der Waals surface area (Å²) < 4.78 is 43.2. The molecule has 0 radical (unpaired) electrons. The average molecular weight is 423 g/mol. The van der Waals surface area contributed by atoms with Crippen molar-refractivity contribution in [1.29, 1.82) is 0 Å². The maximum Gasteiger partial charge on any atom is 0.262 e. The number of sulfonamides is 1. The van der Waals surface area contributed by atoms with Crippen LogP contribution in [-0.2, 0) is 21.4 Å². The molecule has 0 saturated heterocycles. The highest BCUT2D eigenvalue weighted by atomic mass is 32.2. The van der Waals surface area contributed by atoms with Crippen molar-refractivity contribution in [3.63, 3.8) is 0 Å². The molecule has 0 spiro atoms. The molecule has 6 nitrogen and oxygen atoms in total. The van der Waals surface area contributed by atoms with Gasteiger partial charge in [0.2, 0.25) is 10.0 Å². The molecule has 1 atom stereocenters. The third-order valence-corrected chi connectivity index (χ3v) is 6.40. The lowest BCUT2D eigenvalue weighted by Gasteiger charge is -2.15. The van der Waals surface area contributed by atoms with E-state index in [0.29, 0.717) is 26.1 Å². The highest BCUT2D eigenvalue weighted by Crippen LogP contribution is 2.34. The summed E-state index contributed by atoms with van der Waals surface area (Å²) in [5, 5.41) is 8.37. The first-order valence-electron chi connectivity index (χ1n) is 8.35. The number of carbonyl (C=O) groups excluding carboxylic acids is 1. The number of methoxy groups -OCH3 is 1. The van der Waals surface area contributed by atoms with E-state index in [1.165, 1.54) is 36.6 Å². The van der Waals surface area contributed by atoms with E-state index in [0.717, 1.165) is 0 Å². The van der Waals surface area contributed by atoms with Crippen LogP contribution in [0.25, 0.3) is 10.1 Å². The second-order valence-corrected chi connectivity index (χ2v) is 8.88. The molecule has 3 N–H and O–H groups in total. The molecule has 9 heteroatoms. The minimum atomic E-state index is -3.84. The largest absolute Gasteiger partial charge is 0.380 e. The summed E-state index contributed by atoms with van der Waals surface area (Å²) in [6.07, 6.45) is 0. The Bertz CT molecular complexity index is 1140. The highest BCUT2D eigenvalue weighted by molar-refractivity contribution is 7.89. The Labute approximate surface area is 166 Å². The van der Waals surface area contributed by atoms with Gasteiger partial charge in [-0.15, -0.1) is 11.3 Å². The molecule has 3 aromatic rings. The first kappa shape index (κ1) is 20.4. The molecule has 2 aromatic carbocycles. The van der Waals surface area contributed by atoms with E-state index in [-0.39, 0.29) is 17.4 Å². The Morgan fingerprint density at radius 1 is 1.29 bits per heavy atom. The summed E-state index contributed by atoms with van der Waals surface area (Å²) in [6, 6.07) is 10.3. The number of carbonyl (C=O) groups is 1. The fourth-order valence-corrected chi connectivity index (χ4v) is 4.63. The average Bonchev–Trinajstić information content (AvgIpc) is 3.01. The molecule has 3 rings (SSSR count). The van der Waals surface area contributed by atoms with Gasteiger partial charge in [-0.05, 0) is 36.8 Å². The van der Waals surface area contributed by atoms with Crippen molar-refractivity contribution in [3.05, 3.63) is 64.3 Å². The summed E-state index contributed by atoms with van der Waals surface area (Å²) in [4.78, 5) is 13.2. The Morgan fingerprint density at radius 2 is 2.00 bits per heavy atom. The number of ether oxygens (including phenoxy) is 1. The molecule has 1 amide bonds. The van der Waals surface area contributed by atoms with Crippen LogP contribution in [0, 0.1) is 5.82 Å². The van der Waals surface area contributed by atoms with Crippen molar-refractivity contribution in [3.8, 4) is 0 Å². The SMILES string of the molecule is COCc1c(C(=O)NC(C)c2cccc(S(N)(=O)=O)c2)sc2cccc(F)c12. The highest BCUT2D eigenvalue weighted by Gasteiger charge is 2.22. The molecule has 0 aliphatic carbocycles. The van der Waals surface area contributed by atoms with Crippen LogP contribution in [0.1, 0.15) is 33.8 Å². The summed E-state index contributed by atoms with van der Waals surface area (Å²) in [5.74, 6) is -0.796. The summed E-state index contributed by atoms with van der Waals surface area (Å²) >= 11 is 1.18. The normalized spacial score (nSPS) is 12.9. The molecule has 1 heterocycles. The van der Waals surface area contributed by atoms with Gasteiger partial charge in [-0.2, -0.15) is 0 Å². The number of nitrogens with two attached hydrogens (primary N) is 1. The molecule has 28 heavy (non-hydrogen) atoms. The van der Waals surface area contributed by atoms with E-state index in [4.69, 9.17) is 9.88 Å². The Balaban J connectivity index is 1.93.